The van der Waals surface area contributed by atoms with E-state index in [0.29, 0.717) is 36.2 Å². The lowest BCUT2D eigenvalue weighted by Gasteiger charge is -2.38. The minimum absolute atomic E-state index is 0.00365. The molecular formula is C28H37ClFN3O4. The van der Waals surface area contributed by atoms with Gasteiger partial charge in [-0.05, 0) is 55.5 Å². The maximum atomic E-state index is 14.3. The van der Waals surface area contributed by atoms with Gasteiger partial charge in [-0.3, -0.25) is 0 Å². The van der Waals surface area contributed by atoms with Crippen molar-refractivity contribution in [2.24, 2.45) is 5.92 Å². The van der Waals surface area contributed by atoms with Gasteiger partial charge >= 0.3 is 12.0 Å². The number of halogens is 2. The standard InChI is InChI=1S/C28H37ClFN3O4/c1-4-8-26(27(34)35)37-21-12-14-25(33(17-18(2)3)20-9-6-5-7-10-20)24(16-21)32-28(36)31-23-13-11-19(29)15-22(23)30/h11-16,18,20,26H,4-10,17H2,1-3H3,(H,34,35)(H2,31,32,36). The number of urea groups is 1. The molecule has 1 unspecified atom stereocenters. The van der Waals surface area contributed by atoms with Gasteiger partial charge in [0.15, 0.2) is 6.10 Å². The number of rotatable bonds is 11. The Morgan fingerprint density at radius 2 is 1.81 bits per heavy atom. The van der Waals surface area contributed by atoms with Crippen molar-refractivity contribution in [1.82, 2.24) is 0 Å². The third-order valence-corrected chi connectivity index (χ3v) is 6.62. The van der Waals surface area contributed by atoms with E-state index in [-0.39, 0.29) is 10.7 Å². The molecule has 0 saturated heterocycles. The highest BCUT2D eigenvalue weighted by atomic mass is 35.5. The summed E-state index contributed by atoms with van der Waals surface area (Å²) in [6.45, 7) is 6.99. The molecule has 9 heteroatoms. The van der Waals surface area contributed by atoms with Crippen LogP contribution in [0, 0.1) is 11.7 Å². The highest BCUT2D eigenvalue weighted by Crippen LogP contribution is 2.36. The van der Waals surface area contributed by atoms with Crippen molar-refractivity contribution in [1.29, 1.82) is 0 Å². The Morgan fingerprint density at radius 1 is 1.11 bits per heavy atom. The van der Waals surface area contributed by atoms with E-state index in [0.717, 1.165) is 44.0 Å². The lowest BCUT2D eigenvalue weighted by atomic mass is 9.93. The molecule has 2 aromatic rings. The van der Waals surface area contributed by atoms with Gasteiger partial charge in [0.25, 0.3) is 0 Å². The number of amides is 2. The Morgan fingerprint density at radius 3 is 2.43 bits per heavy atom. The summed E-state index contributed by atoms with van der Waals surface area (Å²) in [4.78, 5) is 26.9. The predicted molar refractivity (Wildman–Crippen MR) is 147 cm³/mol. The molecule has 1 atom stereocenters. The molecule has 202 valence electrons. The number of nitrogens with zero attached hydrogens (tertiary/aromatic N) is 1. The molecule has 7 nitrogen and oxygen atoms in total. The smallest absolute Gasteiger partial charge is 0.344 e. The number of nitrogens with one attached hydrogen (secondary N) is 2. The van der Waals surface area contributed by atoms with Gasteiger partial charge in [-0.2, -0.15) is 0 Å². The second kappa shape index (κ2) is 13.5. The van der Waals surface area contributed by atoms with Crippen LogP contribution in [-0.4, -0.2) is 35.8 Å². The summed E-state index contributed by atoms with van der Waals surface area (Å²) in [5.41, 5.74) is 1.29. The van der Waals surface area contributed by atoms with E-state index in [1.807, 2.05) is 13.0 Å². The first-order chi connectivity index (χ1) is 17.7. The second-order valence-corrected chi connectivity index (χ2v) is 10.4. The predicted octanol–water partition coefficient (Wildman–Crippen LogP) is 7.55. The molecule has 3 rings (SSSR count). The van der Waals surface area contributed by atoms with Gasteiger partial charge in [-0.25, -0.2) is 14.0 Å². The highest BCUT2D eigenvalue weighted by molar-refractivity contribution is 6.30. The van der Waals surface area contributed by atoms with Crippen LogP contribution in [0.15, 0.2) is 36.4 Å². The molecule has 2 aromatic carbocycles. The van der Waals surface area contributed by atoms with E-state index in [4.69, 9.17) is 16.3 Å². The molecule has 37 heavy (non-hydrogen) atoms. The Balaban J connectivity index is 1.95. The summed E-state index contributed by atoms with van der Waals surface area (Å²) in [6, 6.07) is 8.98. The molecule has 1 saturated carbocycles. The average molecular weight is 534 g/mol. The lowest BCUT2D eigenvalue weighted by Crippen LogP contribution is -2.40. The molecule has 1 aliphatic rings. The number of hydrogen-bond acceptors (Lipinski definition) is 4. The van der Waals surface area contributed by atoms with Gasteiger partial charge in [-0.15, -0.1) is 0 Å². The summed E-state index contributed by atoms with van der Waals surface area (Å²) in [5, 5.41) is 15.2. The molecule has 3 N–H and O–H groups in total. The third kappa shape index (κ3) is 8.25. The van der Waals surface area contributed by atoms with Gasteiger partial charge < -0.3 is 25.4 Å². The SMILES string of the molecule is CCCC(Oc1ccc(N(CC(C)C)C2CCCCC2)c(NC(=O)Nc2ccc(Cl)cc2F)c1)C(=O)O. The van der Waals surface area contributed by atoms with Crippen LogP contribution < -0.4 is 20.3 Å². The van der Waals surface area contributed by atoms with Crippen LogP contribution in [0.2, 0.25) is 5.02 Å². The average Bonchev–Trinajstić information content (AvgIpc) is 2.85. The van der Waals surface area contributed by atoms with Crippen molar-refractivity contribution in [3.8, 4) is 5.75 Å². The number of carboxylic acid groups (broad SMARTS) is 1. The molecule has 0 aliphatic heterocycles. The fraction of sp³-hybridized carbons (Fsp3) is 0.500. The summed E-state index contributed by atoms with van der Waals surface area (Å²) < 4.78 is 20.1. The Bertz CT molecular complexity index is 1080. The van der Waals surface area contributed by atoms with Crippen LogP contribution in [0.3, 0.4) is 0 Å². The van der Waals surface area contributed by atoms with Crippen LogP contribution >= 0.6 is 11.6 Å². The molecule has 0 radical (unpaired) electrons. The topological polar surface area (TPSA) is 90.9 Å². The van der Waals surface area contributed by atoms with E-state index in [9.17, 15) is 19.1 Å². The summed E-state index contributed by atoms with van der Waals surface area (Å²) in [5.74, 6) is -0.971. The summed E-state index contributed by atoms with van der Waals surface area (Å²) >= 11 is 5.83. The molecule has 1 aliphatic carbocycles. The highest BCUT2D eigenvalue weighted by Gasteiger charge is 2.26. The van der Waals surface area contributed by atoms with Crippen LogP contribution in [0.4, 0.5) is 26.2 Å². The number of hydrogen-bond donors (Lipinski definition) is 3. The minimum atomic E-state index is -1.04. The second-order valence-electron chi connectivity index (χ2n) is 9.95. The van der Waals surface area contributed by atoms with Crippen molar-refractivity contribution >= 4 is 40.7 Å². The first kappa shape index (κ1) is 28.6. The number of carbonyl (C=O) groups is 2. The van der Waals surface area contributed by atoms with E-state index < -0.39 is 23.9 Å². The molecule has 0 bridgehead atoms. The molecule has 0 aromatic heterocycles. The van der Waals surface area contributed by atoms with Crippen molar-refractivity contribution in [3.63, 3.8) is 0 Å². The molecular weight excluding hydrogens is 497 g/mol. The van der Waals surface area contributed by atoms with Crippen molar-refractivity contribution < 1.29 is 23.8 Å². The van der Waals surface area contributed by atoms with E-state index in [1.54, 1.807) is 12.1 Å². The van der Waals surface area contributed by atoms with Gasteiger partial charge in [0.05, 0.1) is 17.1 Å². The van der Waals surface area contributed by atoms with Crippen molar-refractivity contribution in [2.75, 3.05) is 22.1 Å². The number of carboxylic acids is 1. The fourth-order valence-corrected chi connectivity index (χ4v) is 4.85. The summed E-state index contributed by atoms with van der Waals surface area (Å²) in [6.07, 6.45) is 5.65. The minimum Gasteiger partial charge on any atom is -0.479 e. The van der Waals surface area contributed by atoms with Gasteiger partial charge in [-0.1, -0.05) is 58.1 Å². The van der Waals surface area contributed by atoms with Gasteiger partial charge in [0, 0.05) is 23.7 Å². The van der Waals surface area contributed by atoms with Gasteiger partial charge in [0.1, 0.15) is 11.6 Å². The third-order valence-electron chi connectivity index (χ3n) is 6.39. The number of aliphatic carboxylic acids is 1. The zero-order chi connectivity index (χ0) is 26.9. The molecule has 0 spiro atoms. The number of ether oxygens (including phenoxy) is 1. The van der Waals surface area contributed by atoms with Crippen LogP contribution in [0.5, 0.6) is 5.75 Å². The maximum Gasteiger partial charge on any atom is 0.344 e. The quantitative estimate of drug-likeness (QED) is 0.277. The number of anilines is 3. The first-order valence-corrected chi connectivity index (χ1v) is 13.4. The van der Waals surface area contributed by atoms with Crippen LogP contribution in [-0.2, 0) is 4.79 Å². The van der Waals surface area contributed by atoms with E-state index in [2.05, 4.69) is 29.4 Å². The fourth-order valence-electron chi connectivity index (χ4n) is 4.70. The lowest BCUT2D eigenvalue weighted by molar-refractivity contribution is -0.145. The zero-order valence-corrected chi connectivity index (χ0v) is 22.5. The van der Waals surface area contributed by atoms with Crippen molar-refractivity contribution in [2.45, 2.75) is 77.9 Å². The van der Waals surface area contributed by atoms with E-state index >= 15 is 0 Å². The number of benzene rings is 2. The zero-order valence-electron chi connectivity index (χ0n) is 21.7. The Kier molecular flexibility index (Phi) is 10.4. The normalized spacial score (nSPS) is 14.8. The molecule has 0 heterocycles. The molecule has 2 amide bonds. The van der Waals surface area contributed by atoms with Crippen LogP contribution in [0.1, 0.15) is 65.7 Å². The Hall–Kier alpha value is -3.00. The maximum absolute atomic E-state index is 14.3. The van der Waals surface area contributed by atoms with Gasteiger partial charge in [0.2, 0.25) is 0 Å². The van der Waals surface area contributed by atoms with E-state index in [1.165, 1.54) is 18.6 Å². The molecule has 1 fully saturated rings. The van der Waals surface area contributed by atoms with Crippen LogP contribution in [0.25, 0.3) is 0 Å². The Labute approximate surface area is 223 Å². The largest absolute Gasteiger partial charge is 0.479 e. The first-order valence-electron chi connectivity index (χ1n) is 13.0. The monoisotopic (exact) mass is 533 g/mol. The number of carbonyl (C=O) groups excluding carboxylic acids is 1. The van der Waals surface area contributed by atoms with Crippen molar-refractivity contribution in [3.05, 3.63) is 47.2 Å². The summed E-state index contributed by atoms with van der Waals surface area (Å²) in [7, 11) is 0.